The minimum absolute atomic E-state index is 0.0193. The zero-order valence-electron chi connectivity index (χ0n) is 19.9. The summed E-state index contributed by atoms with van der Waals surface area (Å²) < 4.78 is 12.3. The lowest BCUT2D eigenvalue weighted by Gasteiger charge is -2.28. The van der Waals surface area contributed by atoms with Crippen LogP contribution in [0.5, 0.6) is 0 Å². The van der Waals surface area contributed by atoms with Crippen molar-refractivity contribution in [3.05, 3.63) is 53.3 Å². The normalized spacial score (nSPS) is 10.8. The molecule has 1 heterocycles. The third-order valence-corrected chi connectivity index (χ3v) is 5.56. The summed E-state index contributed by atoms with van der Waals surface area (Å²) in [6.45, 7) is 6.21. The molecule has 0 fully saturated rings. The van der Waals surface area contributed by atoms with Crippen molar-refractivity contribution >= 4 is 17.6 Å². The van der Waals surface area contributed by atoms with Gasteiger partial charge in [0.25, 0.3) is 0 Å². The number of hydrogen-bond donors (Lipinski definition) is 1. The summed E-state index contributed by atoms with van der Waals surface area (Å²) in [5.74, 6) is -0.128. The van der Waals surface area contributed by atoms with Crippen LogP contribution in [0.4, 0.5) is 10.5 Å². The van der Waals surface area contributed by atoms with Crippen LogP contribution in [0.3, 0.4) is 0 Å². The maximum absolute atomic E-state index is 13.2. The van der Waals surface area contributed by atoms with Crippen LogP contribution in [0.15, 0.2) is 36.5 Å². The molecule has 0 atom stereocenters. The van der Waals surface area contributed by atoms with Crippen LogP contribution in [0.25, 0.3) is 0 Å². The van der Waals surface area contributed by atoms with Gasteiger partial charge in [0.1, 0.15) is 6.54 Å². The number of carbonyl (C=O) groups is 2. The molecular formula is C24H36N4O4. The maximum Gasteiger partial charge on any atom is 0.322 e. The molecule has 3 amide bonds. The van der Waals surface area contributed by atoms with E-state index in [-0.39, 0.29) is 18.5 Å². The number of amides is 3. The van der Waals surface area contributed by atoms with Crippen LogP contribution in [0, 0.1) is 13.8 Å². The van der Waals surface area contributed by atoms with Crippen molar-refractivity contribution in [1.29, 1.82) is 0 Å². The average molecular weight is 445 g/mol. The van der Waals surface area contributed by atoms with Gasteiger partial charge in [-0.2, -0.15) is 0 Å². The van der Waals surface area contributed by atoms with Crippen LogP contribution in [-0.2, 0) is 27.9 Å². The quantitative estimate of drug-likeness (QED) is 0.510. The Kier molecular flexibility index (Phi) is 10.2. The lowest BCUT2D eigenvalue weighted by Crippen LogP contribution is -2.45. The van der Waals surface area contributed by atoms with E-state index in [0.29, 0.717) is 39.3 Å². The first-order valence-corrected chi connectivity index (χ1v) is 10.8. The maximum atomic E-state index is 13.2. The number of ether oxygens (including phenoxy) is 2. The van der Waals surface area contributed by atoms with Crippen molar-refractivity contribution in [2.24, 2.45) is 7.05 Å². The molecule has 8 heteroatoms. The van der Waals surface area contributed by atoms with Crippen LogP contribution in [0.1, 0.15) is 23.2 Å². The monoisotopic (exact) mass is 444 g/mol. The first-order chi connectivity index (χ1) is 15.4. The van der Waals surface area contributed by atoms with E-state index in [2.05, 4.69) is 5.32 Å². The molecule has 32 heavy (non-hydrogen) atoms. The van der Waals surface area contributed by atoms with Crippen LogP contribution >= 0.6 is 0 Å². The van der Waals surface area contributed by atoms with E-state index in [1.807, 2.05) is 62.0 Å². The molecular weight excluding hydrogens is 408 g/mol. The number of hydrogen-bond acceptors (Lipinski definition) is 4. The van der Waals surface area contributed by atoms with Crippen molar-refractivity contribution in [2.75, 3.05) is 52.4 Å². The van der Waals surface area contributed by atoms with Crippen molar-refractivity contribution in [3.8, 4) is 0 Å². The topological polar surface area (TPSA) is 76.0 Å². The second-order valence-corrected chi connectivity index (χ2v) is 7.86. The molecule has 0 unspecified atom stereocenters. The zero-order valence-corrected chi connectivity index (χ0v) is 19.9. The zero-order chi connectivity index (χ0) is 23.5. The molecule has 0 saturated carbocycles. The molecule has 8 nitrogen and oxygen atoms in total. The first kappa shape index (κ1) is 25.4. The van der Waals surface area contributed by atoms with E-state index >= 15 is 0 Å². The second kappa shape index (κ2) is 12.9. The molecule has 1 N–H and O–H groups in total. The lowest BCUT2D eigenvalue weighted by atomic mass is 10.1. The molecule has 1 aromatic heterocycles. The molecule has 0 aliphatic carbocycles. The number of anilines is 1. The Hall–Kier alpha value is -2.84. The fourth-order valence-corrected chi connectivity index (χ4v) is 3.35. The predicted molar refractivity (Wildman–Crippen MR) is 126 cm³/mol. The van der Waals surface area contributed by atoms with E-state index < -0.39 is 0 Å². The fourth-order valence-electron chi connectivity index (χ4n) is 3.35. The van der Waals surface area contributed by atoms with Crippen LogP contribution < -0.4 is 5.32 Å². The van der Waals surface area contributed by atoms with Crippen molar-refractivity contribution < 1.29 is 19.1 Å². The number of benzene rings is 1. The summed E-state index contributed by atoms with van der Waals surface area (Å²) in [7, 11) is 5.18. The average Bonchev–Trinajstić information content (AvgIpc) is 3.17. The van der Waals surface area contributed by atoms with Crippen molar-refractivity contribution in [1.82, 2.24) is 14.4 Å². The smallest absolute Gasteiger partial charge is 0.322 e. The standard InChI is InChI=1S/C24H36N4O4/c1-19-9-6-11-22(20(19)2)25-24(30)28(13-8-15-31-4)18-23(29)27(14-16-32-5)17-21-10-7-12-26(21)3/h6-7,9-12H,8,13-18H2,1-5H3,(H,25,30). The summed E-state index contributed by atoms with van der Waals surface area (Å²) in [5, 5.41) is 2.97. The molecule has 1 aromatic carbocycles. The molecule has 176 valence electrons. The molecule has 0 radical (unpaired) electrons. The van der Waals surface area contributed by atoms with Crippen LogP contribution in [0.2, 0.25) is 0 Å². The fraction of sp³-hybridized carbons (Fsp3) is 0.500. The van der Waals surface area contributed by atoms with Gasteiger partial charge in [-0.1, -0.05) is 12.1 Å². The Morgan fingerprint density at radius 2 is 1.75 bits per heavy atom. The summed E-state index contributed by atoms with van der Waals surface area (Å²) in [4.78, 5) is 29.6. The Balaban J connectivity index is 2.14. The number of nitrogens with one attached hydrogen (secondary N) is 1. The van der Waals surface area contributed by atoms with Crippen molar-refractivity contribution in [2.45, 2.75) is 26.8 Å². The summed E-state index contributed by atoms with van der Waals surface area (Å²) in [5.41, 5.74) is 3.87. The summed E-state index contributed by atoms with van der Waals surface area (Å²) in [6.07, 6.45) is 2.59. The van der Waals surface area contributed by atoms with E-state index in [4.69, 9.17) is 9.47 Å². The Labute approximate surface area is 191 Å². The predicted octanol–water partition coefficient (Wildman–Crippen LogP) is 3.19. The number of methoxy groups -OCH3 is 2. The number of carbonyl (C=O) groups excluding carboxylic acids is 2. The lowest BCUT2D eigenvalue weighted by molar-refractivity contribution is -0.133. The number of nitrogens with zero attached hydrogens (tertiary/aromatic N) is 3. The van der Waals surface area contributed by atoms with E-state index in [0.717, 1.165) is 22.5 Å². The van der Waals surface area contributed by atoms with Gasteiger partial charge in [-0.3, -0.25) is 4.79 Å². The van der Waals surface area contributed by atoms with Gasteiger partial charge in [-0.15, -0.1) is 0 Å². The third-order valence-electron chi connectivity index (χ3n) is 5.56. The Morgan fingerprint density at radius 1 is 1.00 bits per heavy atom. The summed E-state index contributed by atoms with van der Waals surface area (Å²) >= 11 is 0. The highest BCUT2D eigenvalue weighted by Crippen LogP contribution is 2.18. The number of aromatic nitrogens is 1. The first-order valence-electron chi connectivity index (χ1n) is 10.8. The highest BCUT2D eigenvalue weighted by atomic mass is 16.5. The molecule has 2 rings (SSSR count). The highest BCUT2D eigenvalue weighted by Gasteiger charge is 2.22. The number of urea groups is 1. The van der Waals surface area contributed by atoms with Gasteiger partial charge in [0.2, 0.25) is 5.91 Å². The van der Waals surface area contributed by atoms with Gasteiger partial charge in [-0.25, -0.2) is 4.79 Å². The van der Waals surface area contributed by atoms with E-state index in [1.165, 1.54) is 0 Å². The molecule has 0 saturated heterocycles. The van der Waals surface area contributed by atoms with Gasteiger partial charge in [0.15, 0.2) is 0 Å². The number of aryl methyl sites for hydroxylation is 2. The molecule has 2 aromatic rings. The van der Waals surface area contributed by atoms with Gasteiger partial charge < -0.3 is 29.2 Å². The van der Waals surface area contributed by atoms with Gasteiger partial charge in [0, 0.05) is 58.5 Å². The van der Waals surface area contributed by atoms with Gasteiger partial charge >= 0.3 is 6.03 Å². The molecule has 0 aliphatic rings. The minimum Gasteiger partial charge on any atom is -0.385 e. The van der Waals surface area contributed by atoms with Crippen molar-refractivity contribution in [3.63, 3.8) is 0 Å². The van der Waals surface area contributed by atoms with E-state index in [9.17, 15) is 9.59 Å². The third kappa shape index (κ3) is 7.39. The second-order valence-electron chi connectivity index (χ2n) is 7.86. The molecule has 0 bridgehead atoms. The Bertz CT molecular complexity index is 881. The van der Waals surface area contributed by atoms with E-state index in [1.54, 1.807) is 24.0 Å². The summed E-state index contributed by atoms with van der Waals surface area (Å²) in [6, 6.07) is 9.41. The highest BCUT2D eigenvalue weighted by molar-refractivity contribution is 5.93. The number of rotatable bonds is 12. The molecule has 0 spiro atoms. The minimum atomic E-state index is -0.297. The molecule has 0 aliphatic heterocycles. The SMILES string of the molecule is COCCCN(CC(=O)N(CCOC)Cc1cccn1C)C(=O)Nc1cccc(C)c1C. The van der Waals surface area contributed by atoms with Crippen LogP contribution in [-0.4, -0.2) is 73.4 Å². The van der Waals surface area contributed by atoms with Gasteiger partial charge in [-0.05, 0) is 49.6 Å². The largest absolute Gasteiger partial charge is 0.385 e. The Morgan fingerprint density at radius 3 is 2.41 bits per heavy atom. The van der Waals surface area contributed by atoms with Gasteiger partial charge in [0.05, 0.1) is 13.2 Å².